The minimum absolute atomic E-state index is 0.00503. The fourth-order valence-corrected chi connectivity index (χ4v) is 3.90. The Labute approximate surface area is 133 Å². The van der Waals surface area contributed by atoms with Gasteiger partial charge in [-0.05, 0) is 33.3 Å². The smallest absolute Gasteiger partial charge is 0.273 e. The van der Waals surface area contributed by atoms with Gasteiger partial charge in [-0.15, -0.1) is 0 Å². The van der Waals surface area contributed by atoms with Crippen LogP contribution in [0.1, 0.15) is 28.1 Å². The van der Waals surface area contributed by atoms with Gasteiger partial charge in [-0.25, -0.2) is 13.1 Å². The molecule has 0 aliphatic rings. The van der Waals surface area contributed by atoms with E-state index in [-0.39, 0.29) is 22.7 Å². The Kier molecular flexibility index (Phi) is 4.53. The monoisotopic (exact) mass is 339 g/mol. The molecule has 0 atom stereocenters. The number of aromatic nitrogens is 1. The number of aryl methyl sites for hydroxylation is 3. The van der Waals surface area contributed by atoms with Crippen molar-refractivity contribution in [1.82, 2.24) is 9.88 Å². The molecule has 1 N–H and O–H groups in total. The van der Waals surface area contributed by atoms with E-state index in [0.29, 0.717) is 22.6 Å². The maximum absolute atomic E-state index is 12.6. The molecule has 0 radical (unpaired) electrons. The molecule has 1 heterocycles. The molecule has 0 aliphatic carbocycles. The highest BCUT2D eigenvalue weighted by Crippen LogP contribution is 2.28. The molecule has 0 saturated carbocycles. The maximum atomic E-state index is 12.6. The van der Waals surface area contributed by atoms with Gasteiger partial charge in [-0.2, -0.15) is 0 Å². The summed E-state index contributed by atoms with van der Waals surface area (Å²) in [6, 6.07) is 2.73. The van der Waals surface area contributed by atoms with Gasteiger partial charge in [-0.3, -0.25) is 10.1 Å². The van der Waals surface area contributed by atoms with Crippen molar-refractivity contribution >= 4 is 15.7 Å². The van der Waals surface area contributed by atoms with Crippen molar-refractivity contribution in [2.45, 2.75) is 39.1 Å². The van der Waals surface area contributed by atoms with Gasteiger partial charge in [0.05, 0.1) is 15.5 Å². The van der Waals surface area contributed by atoms with E-state index in [4.69, 9.17) is 4.52 Å². The van der Waals surface area contributed by atoms with Crippen molar-refractivity contribution in [3.8, 4) is 0 Å². The topological polar surface area (TPSA) is 115 Å². The third kappa shape index (κ3) is 3.25. The Hall–Kier alpha value is -2.26. The Bertz CT molecular complexity index is 851. The van der Waals surface area contributed by atoms with Crippen LogP contribution in [0, 0.1) is 37.8 Å². The second-order valence-electron chi connectivity index (χ2n) is 5.24. The standard InChI is InChI=1S/C14H17N3O5S/c1-8-5-6-13(17(18)19)9(2)14(8)23(20,21)15-7-12-10(3)16-22-11(12)4/h5-6,15H,7H2,1-4H3. The molecule has 0 bridgehead atoms. The highest BCUT2D eigenvalue weighted by molar-refractivity contribution is 7.89. The largest absolute Gasteiger partial charge is 0.361 e. The molecular weight excluding hydrogens is 322 g/mol. The zero-order chi connectivity index (χ0) is 17.4. The summed E-state index contributed by atoms with van der Waals surface area (Å²) < 4.78 is 32.6. The first kappa shape index (κ1) is 17.1. The van der Waals surface area contributed by atoms with Gasteiger partial charge in [0, 0.05) is 23.7 Å². The van der Waals surface area contributed by atoms with Crippen molar-refractivity contribution in [2.75, 3.05) is 0 Å². The first-order valence-corrected chi connectivity index (χ1v) is 8.29. The van der Waals surface area contributed by atoms with Crippen molar-refractivity contribution in [3.05, 3.63) is 50.4 Å². The van der Waals surface area contributed by atoms with Crippen LogP contribution in [0.25, 0.3) is 0 Å². The highest BCUT2D eigenvalue weighted by Gasteiger charge is 2.26. The Balaban J connectivity index is 2.41. The fraction of sp³-hybridized carbons (Fsp3) is 0.357. The normalized spacial score (nSPS) is 11.7. The first-order chi connectivity index (χ1) is 10.6. The number of nitrogens with zero attached hydrogens (tertiary/aromatic N) is 2. The van der Waals surface area contributed by atoms with Crippen molar-refractivity contribution in [3.63, 3.8) is 0 Å². The third-order valence-corrected chi connectivity index (χ3v) is 5.35. The Morgan fingerprint density at radius 3 is 2.43 bits per heavy atom. The molecule has 2 rings (SSSR count). The van der Waals surface area contributed by atoms with Crippen LogP contribution in [0.5, 0.6) is 0 Å². The number of hydrogen-bond donors (Lipinski definition) is 1. The van der Waals surface area contributed by atoms with Crippen molar-refractivity contribution in [2.24, 2.45) is 0 Å². The quantitative estimate of drug-likeness (QED) is 0.660. The van der Waals surface area contributed by atoms with E-state index in [1.807, 2.05) is 0 Å². The van der Waals surface area contributed by atoms with E-state index in [0.717, 1.165) is 0 Å². The number of sulfonamides is 1. The van der Waals surface area contributed by atoms with E-state index in [1.165, 1.54) is 19.1 Å². The van der Waals surface area contributed by atoms with Crippen LogP contribution in [0.3, 0.4) is 0 Å². The summed E-state index contributed by atoms with van der Waals surface area (Å²) in [5.41, 5.74) is 1.57. The summed E-state index contributed by atoms with van der Waals surface area (Å²) in [6.45, 7) is 6.43. The number of benzene rings is 1. The molecule has 2 aromatic rings. The zero-order valence-electron chi connectivity index (χ0n) is 13.2. The SMILES string of the molecule is Cc1ccc([N+](=O)[O-])c(C)c1S(=O)(=O)NCc1c(C)noc1C. The van der Waals surface area contributed by atoms with E-state index in [9.17, 15) is 18.5 Å². The fourth-order valence-electron chi connectivity index (χ4n) is 2.42. The molecule has 0 amide bonds. The third-order valence-electron chi connectivity index (χ3n) is 3.66. The summed E-state index contributed by atoms with van der Waals surface area (Å²) in [5, 5.41) is 14.8. The molecule has 0 spiro atoms. The van der Waals surface area contributed by atoms with Gasteiger partial charge in [0.25, 0.3) is 5.69 Å². The average Bonchev–Trinajstić information content (AvgIpc) is 2.75. The predicted octanol–water partition coefficient (Wildman–Crippen LogP) is 2.29. The molecule has 1 aromatic carbocycles. The number of hydrogen-bond acceptors (Lipinski definition) is 6. The van der Waals surface area contributed by atoms with Crippen LogP contribution in [0.15, 0.2) is 21.6 Å². The number of nitrogens with one attached hydrogen (secondary N) is 1. The zero-order valence-corrected chi connectivity index (χ0v) is 14.0. The molecule has 0 unspecified atom stereocenters. The Morgan fingerprint density at radius 2 is 1.91 bits per heavy atom. The second-order valence-corrected chi connectivity index (χ2v) is 6.94. The molecule has 9 heteroatoms. The number of nitro groups is 1. The van der Waals surface area contributed by atoms with Crippen LogP contribution < -0.4 is 4.72 Å². The van der Waals surface area contributed by atoms with E-state index in [2.05, 4.69) is 9.88 Å². The van der Waals surface area contributed by atoms with Gasteiger partial charge in [0.15, 0.2) is 0 Å². The molecule has 23 heavy (non-hydrogen) atoms. The summed E-state index contributed by atoms with van der Waals surface area (Å²) in [5.74, 6) is 0.526. The van der Waals surface area contributed by atoms with Crippen LogP contribution in [0.2, 0.25) is 0 Å². The molecule has 124 valence electrons. The van der Waals surface area contributed by atoms with Crippen LogP contribution in [-0.2, 0) is 16.6 Å². The molecule has 0 fully saturated rings. The molecule has 0 saturated heterocycles. The number of rotatable bonds is 5. The molecule has 8 nitrogen and oxygen atoms in total. The summed E-state index contributed by atoms with van der Waals surface area (Å²) >= 11 is 0. The van der Waals surface area contributed by atoms with E-state index >= 15 is 0 Å². The summed E-state index contributed by atoms with van der Waals surface area (Å²) in [7, 11) is -3.91. The van der Waals surface area contributed by atoms with Gasteiger partial charge >= 0.3 is 0 Å². The molecule has 0 aliphatic heterocycles. The molecule has 1 aromatic heterocycles. The Morgan fingerprint density at radius 1 is 1.26 bits per heavy atom. The lowest BCUT2D eigenvalue weighted by Crippen LogP contribution is -2.25. The van der Waals surface area contributed by atoms with Crippen LogP contribution in [0.4, 0.5) is 5.69 Å². The van der Waals surface area contributed by atoms with Gasteiger partial charge in [-0.1, -0.05) is 11.2 Å². The second kappa shape index (κ2) is 6.09. The first-order valence-electron chi connectivity index (χ1n) is 6.81. The lowest BCUT2D eigenvalue weighted by atomic mass is 10.1. The average molecular weight is 339 g/mol. The van der Waals surface area contributed by atoms with E-state index < -0.39 is 14.9 Å². The highest BCUT2D eigenvalue weighted by atomic mass is 32.2. The summed E-state index contributed by atoms with van der Waals surface area (Å²) in [6.07, 6.45) is 0. The van der Waals surface area contributed by atoms with Crippen molar-refractivity contribution < 1.29 is 17.9 Å². The minimum atomic E-state index is -3.91. The van der Waals surface area contributed by atoms with Gasteiger partial charge in [0.1, 0.15) is 5.76 Å². The molecular formula is C14H17N3O5S. The summed E-state index contributed by atoms with van der Waals surface area (Å²) in [4.78, 5) is 10.3. The minimum Gasteiger partial charge on any atom is -0.361 e. The van der Waals surface area contributed by atoms with Crippen LogP contribution >= 0.6 is 0 Å². The van der Waals surface area contributed by atoms with E-state index in [1.54, 1.807) is 20.8 Å². The van der Waals surface area contributed by atoms with Gasteiger partial charge < -0.3 is 4.52 Å². The number of nitro benzene ring substituents is 1. The predicted molar refractivity (Wildman–Crippen MR) is 82.6 cm³/mol. The van der Waals surface area contributed by atoms with Crippen molar-refractivity contribution in [1.29, 1.82) is 0 Å². The lowest BCUT2D eigenvalue weighted by Gasteiger charge is -2.12. The lowest BCUT2D eigenvalue weighted by molar-refractivity contribution is -0.385. The van der Waals surface area contributed by atoms with Crippen LogP contribution in [-0.4, -0.2) is 18.5 Å². The van der Waals surface area contributed by atoms with Gasteiger partial charge in [0.2, 0.25) is 10.0 Å². The maximum Gasteiger partial charge on any atom is 0.273 e.